The third-order valence-corrected chi connectivity index (χ3v) is 5.63. The van der Waals surface area contributed by atoms with Crippen LogP contribution < -0.4 is 15.5 Å². The van der Waals surface area contributed by atoms with Crippen molar-refractivity contribution in [2.24, 2.45) is 5.92 Å². The van der Waals surface area contributed by atoms with E-state index in [9.17, 15) is 9.59 Å². The lowest BCUT2D eigenvalue weighted by Crippen LogP contribution is -2.45. The quantitative estimate of drug-likeness (QED) is 0.784. The summed E-state index contributed by atoms with van der Waals surface area (Å²) in [4.78, 5) is 34.1. The minimum atomic E-state index is -0.0243. The maximum absolute atomic E-state index is 13.3. The minimum Gasteiger partial charge on any atom is -0.353 e. The summed E-state index contributed by atoms with van der Waals surface area (Å²) in [6, 6.07) is 1.81. The summed E-state index contributed by atoms with van der Waals surface area (Å²) >= 11 is 0. The van der Waals surface area contributed by atoms with Crippen LogP contribution in [0, 0.1) is 5.92 Å². The fourth-order valence-electron chi connectivity index (χ4n) is 3.75. The second kappa shape index (κ2) is 9.87. The Morgan fingerprint density at radius 1 is 1.21 bits per heavy atom. The normalized spacial score (nSPS) is 18.2. The van der Waals surface area contributed by atoms with Gasteiger partial charge in [-0.25, -0.2) is 4.98 Å². The number of amides is 2. The van der Waals surface area contributed by atoms with Crippen molar-refractivity contribution in [3.8, 4) is 0 Å². The molecule has 2 N–H and O–H groups in total. The molecule has 0 aliphatic carbocycles. The molecule has 28 heavy (non-hydrogen) atoms. The van der Waals surface area contributed by atoms with Gasteiger partial charge in [0.05, 0.1) is 17.4 Å². The maximum atomic E-state index is 13.3. The van der Waals surface area contributed by atoms with Crippen molar-refractivity contribution in [1.82, 2.24) is 15.2 Å². The molecule has 3 heterocycles. The molecule has 0 unspecified atom stereocenters. The summed E-state index contributed by atoms with van der Waals surface area (Å²) in [6.45, 7) is 9.29. The minimum absolute atomic E-state index is 0.0243. The van der Waals surface area contributed by atoms with Crippen LogP contribution in [-0.2, 0) is 4.79 Å². The zero-order valence-electron chi connectivity index (χ0n) is 17.2. The molecule has 1 aromatic rings. The van der Waals surface area contributed by atoms with Crippen LogP contribution in [-0.4, -0.2) is 61.0 Å². The molecule has 0 bridgehead atoms. The lowest BCUT2D eigenvalue weighted by Gasteiger charge is -2.33. The summed E-state index contributed by atoms with van der Waals surface area (Å²) < 4.78 is 0. The molecule has 0 aromatic carbocycles. The van der Waals surface area contributed by atoms with Gasteiger partial charge < -0.3 is 20.4 Å². The lowest BCUT2D eigenvalue weighted by molar-refractivity contribution is -0.116. The predicted molar refractivity (Wildman–Crippen MR) is 112 cm³/mol. The van der Waals surface area contributed by atoms with E-state index in [4.69, 9.17) is 0 Å². The number of carbonyl (C=O) groups is 2. The second-order valence-electron chi connectivity index (χ2n) is 7.96. The van der Waals surface area contributed by atoms with Crippen LogP contribution in [0.4, 0.5) is 11.5 Å². The Labute approximate surface area is 167 Å². The number of nitrogens with zero attached hydrogens (tertiary/aromatic N) is 3. The third kappa shape index (κ3) is 5.22. The number of piperazine rings is 1. The molecule has 7 nitrogen and oxygen atoms in total. The summed E-state index contributed by atoms with van der Waals surface area (Å²) in [5.74, 6) is 1.40. The fourth-order valence-corrected chi connectivity index (χ4v) is 3.75. The van der Waals surface area contributed by atoms with Crippen molar-refractivity contribution < 1.29 is 9.59 Å². The number of hydrogen-bond acceptors (Lipinski definition) is 5. The molecule has 1 aromatic heterocycles. The summed E-state index contributed by atoms with van der Waals surface area (Å²) in [7, 11) is 0. The molecule has 7 heteroatoms. The Hall–Kier alpha value is -2.15. The van der Waals surface area contributed by atoms with Gasteiger partial charge in [-0.2, -0.15) is 0 Å². The monoisotopic (exact) mass is 387 g/mol. The molecule has 2 aliphatic rings. The number of carbonyl (C=O) groups excluding carboxylic acids is 2. The predicted octanol–water partition coefficient (Wildman–Crippen LogP) is 2.49. The topological polar surface area (TPSA) is 77.6 Å². The molecule has 0 spiro atoms. The number of unbranched alkanes of at least 4 members (excludes halogenated alkanes) is 1. The van der Waals surface area contributed by atoms with Gasteiger partial charge in [0, 0.05) is 45.7 Å². The molecule has 154 valence electrons. The van der Waals surface area contributed by atoms with Crippen molar-refractivity contribution in [3.63, 3.8) is 0 Å². The number of piperidine rings is 1. The van der Waals surface area contributed by atoms with Crippen LogP contribution in [0.15, 0.2) is 12.3 Å². The fraction of sp³-hybridized carbons (Fsp3) is 0.667. The van der Waals surface area contributed by atoms with Gasteiger partial charge in [0.2, 0.25) is 5.91 Å². The Kier molecular flexibility index (Phi) is 7.25. The van der Waals surface area contributed by atoms with Gasteiger partial charge in [-0.05, 0) is 31.2 Å². The Morgan fingerprint density at radius 3 is 2.61 bits per heavy atom. The SMILES string of the molecule is CCCCC(=O)Nc1cnc(N2CCNCC2)c(C(=O)N2CCC(C)CC2)c1. The molecule has 0 radical (unpaired) electrons. The molecule has 0 saturated carbocycles. The number of aromatic nitrogens is 1. The summed E-state index contributed by atoms with van der Waals surface area (Å²) in [5, 5.41) is 6.25. The van der Waals surface area contributed by atoms with Crippen LogP contribution in [0.2, 0.25) is 0 Å². The number of nitrogens with one attached hydrogen (secondary N) is 2. The molecular formula is C21H33N5O2. The Balaban J connectivity index is 1.82. The van der Waals surface area contributed by atoms with E-state index >= 15 is 0 Å². The standard InChI is InChI=1S/C21H33N5O2/c1-3-4-5-19(27)24-17-14-18(21(28)26-10-6-16(2)7-11-26)20(23-15-17)25-12-8-22-9-13-25/h14-16,22H,3-13H2,1-2H3,(H,24,27). The van der Waals surface area contributed by atoms with Gasteiger partial charge in [0.1, 0.15) is 5.82 Å². The van der Waals surface area contributed by atoms with E-state index in [1.165, 1.54) is 0 Å². The largest absolute Gasteiger partial charge is 0.353 e. The molecule has 3 rings (SSSR count). The van der Waals surface area contributed by atoms with E-state index in [1.54, 1.807) is 6.20 Å². The van der Waals surface area contributed by atoms with E-state index < -0.39 is 0 Å². The van der Waals surface area contributed by atoms with Crippen molar-refractivity contribution in [2.45, 2.75) is 46.0 Å². The van der Waals surface area contributed by atoms with Gasteiger partial charge in [0.25, 0.3) is 5.91 Å². The highest BCUT2D eigenvalue weighted by molar-refractivity contribution is 6.01. The lowest BCUT2D eigenvalue weighted by atomic mass is 9.98. The van der Waals surface area contributed by atoms with Gasteiger partial charge >= 0.3 is 0 Å². The summed E-state index contributed by atoms with van der Waals surface area (Å²) in [5.41, 5.74) is 1.21. The van der Waals surface area contributed by atoms with Crippen LogP contribution in [0.5, 0.6) is 0 Å². The highest BCUT2D eigenvalue weighted by atomic mass is 16.2. The van der Waals surface area contributed by atoms with Crippen LogP contribution in [0.1, 0.15) is 56.3 Å². The number of pyridine rings is 1. The van der Waals surface area contributed by atoms with Gasteiger partial charge in [-0.3, -0.25) is 9.59 Å². The Morgan fingerprint density at radius 2 is 1.93 bits per heavy atom. The number of likely N-dealkylation sites (tertiary alicyclic amines) is 1. The van der Waals surface area contributed by atoms with E-state index in [2.05, 4.69) is 34.4 Å². The van der Waals surface area contributed by atoms with E-state index in [0.29, 0.717) is 23.6 Å². The average Bonchev–Trinajstić information content (AvgIpc) is 2.73. The molecule has 2 saturated heterocycles. The van der Waals surface area contributed by atoms with Crippen molar-refractivity contribution in [2.75, 3.05) is 49.5 Å². The second-order valence-corrected chi connectivity index (χ2v) is 7.96. The Bertz CT molecular complexity index is 679. The number of rotatable bonds is 6. The molecule has 2 fully saturated rings. The maximum Gasteiger partial charge on any atom is 0.257 e. The first-order chi connectivity index (χ1) is 13.6. The van der Waals surface area contributed by atoms with Crippen LogP contribution >= 0.6 is 0 Å². The number of hydrogen-bond donors (Lipinski definition) is 2. The van der Waals surface area contributed by atoms with Crippen molar-refractivity contribution in [1.29, 1.82) is 0 Å². The van der Waals surface area contributed by atoms with E-state index in [-0.39, 0.29) is 11.8 Å². The first-order valence-corrected chi connectivity index (χ1v) is 10.6. The molecular weight excluding hydrogens is 354 g/mol. The van der Waals surface area contributed by atoms with Crippen molar-refractivity contribution >= 4 is 23.3 Å². The molecule has 2 aliphatic heterocycles. The summed E-state index contributed by atoms with van der Waals surface area (Å²) in [6.07, 6.45) is 6.07. The third-order valence-electron chi connectivity index (χ3n) is 5.63. The zero-order chi connectivity index (χ0) is 19.9. The first-order valence-electron chi connectivity index (χ1n) is 10.6. The van der Waals surface area contributed by atoms with E-state index in [0.717, 1.165) is 70.8 Å². The molecule has 0 atom stereocenters. The highest BCUT2D eigenvalue weighted by Gasteiger charge is 2.27. The smallest absolute Gasteiger partial charge is 0.257 e. The van der Waals surface area contributed by atoms with Crippen LogP contribution in [0.25, 0.3) is 0 Å². The van der Waals surface area contributed by atoms with Gasteiger partial charge in [0.15, 0.2) is 0 Å². The van der Waals surface area contributed by atoms with Crippen molar-refractivity contribution in [3.05, 3.63) is 17.8 Å². The number of anilines is 2. The average molecular weight is 388 g/mol. The molecule has 2 amide bonds. The van der Waals surface area contributed by atoms with E-state index in [1.807, 2.05) is 11.0 Å². The van der Waals surface area contributed by atoms with Gasteiger partial charge in [-0.15, -0.1) is 0 Å². The zero-order valence-corrected chi connectivity index (χ0v) is 17.2. The van der Waals surface area contributed by atoms with Crippen LogP contribution in [0.3, 0.4) is 0 Å². The first kappa shape index (κ1) is 20.6. The van der Waals surface area contributed by atoms with Gasteiger partial charge in [-0.1, -0.05) is 20.3 Å². The highest BCUT2D eigenvalue weighted by Crippen LogP contribution is 2.26.